The summed E-state index contributed by atoms with van der Waals surface area (Å²) in [7, 11) is 2.06. The van der Waals surface area contributed by atoms with Crippen LogP contribution in [0.2, 0.25) is 5.02 Å². The Labute approximate surface area is 182 Å². The average molecular weight is 422 g/mol. The van der Waals surface area contributed by atoms with Gasteiger partial charge in [-0.15, -0.1) is 12.4 Å². The Morgan fingerprint density at radius 1 is 1.14 bits per heavy atom. The second-order valence-electron chi connectivity index (χ2n) is 7.14. The van der Waals surface area contributed by atoms with Crippen molar-refractivity contribution in [2.45, 2.75) is 31.7 Å². The van der Waals surface area contributed by atoms with Crippen LogP contribution >= 0.6 is 24.0 Å². The van der Waals surface area contributed by atoms with Gasteiger partial charge in [-0.3, -0.25) is 4.79 Å². The van der Waals surface area contributed by atoms with Crippen molar-refractivity contribution in [3.63, 3.8) is 0 Å². The molecule has 148 valence electrons. The monoisotopic (exact) mass is 421 g/mol. The van der Waals surface area contributed by atoms with Gasteiger partial charge in [-0.2, -0.15) is 5.10 Å². The van der Waals surface area contributed by atoms with Gasteiger partial charge in [0.15, 0.2) is 0 Å². The third-order valence-electron chi connectivity index (χ3n) is 5.18. The first kappa shape index (κ1) is 16.0. The minimum absolute atomic E-state index is 0. The van der Waals surface area contributed by atoms with E-state index in [2.05, 4.69) is 17.0 Å². The Bertz CT molecular complexity index is 1200. The van der Waals surface area contributed by atoms with Crippen LogP contribution in [0.1, 0.15) is 42.0 Å². The summed E-state index contributed by atoms with van der Waals surface area (Å²) in [6.07, 6.45) is 2.84. The molecule has 0 spiro atoms. The SMILES string of the molecule is Cl.[2H]c1c([2H])c([2H])c2c(=O)n(C3CCCN(C)CC3)nc(Cc3ccc(Cl)cc3)c2c1[2H]. The van der Waals surface area contributed by atoms with E-state index in [9.17, 15) is 4.79 Å². The van der Waals surface area contributed by atoms with Gasteiger partial charge in [-0.1, -0.05) is 41.9 Å². The van der Waals surface area contributed by atoms with Crippen LogP contribution in [-0.2, 0) is 6.42 Å². The molecule has 0 radical (unpaired) electrons. The highest BCUT2D eigenvalue weighted by atomic mass is 35.5. The van der Waals surface area contributed by atoms with E-state index < -0.39 is 11.6 Å². The lowest BCUT2D eigenvalue weighted by Crippen LogP contribution is -2.29. The minimum Gasteiger partial charge on any atom is -0.306 e. The fourth-order valence-corrected chi connectivity index (χ4v) is 3.79. The van der Waals surface area contributed by atoms with E-state index in [0.717, 1.165) is 37.9 Å². The van der Waals surface area contributed by atoms with E-state index in [1.165, 1.54) is 4.68 Å². The maximum absolute atomic E-state index is 13.4. The molecule has 1 aliphatic rings. The van der Waals surface area contributed by atoms with Crippen molar-refractivity contribution in [2.24, 2.45) is 0 Å². The lowest BCUT2D eigenvalue weighted by atomic mass is 10.0. The third-order valence-corrected chi connectivity index (χ3v) is 5.43. The minimum atomic E-state index is -0.448. The van der Waals surface area contributed by atoms with Crippen molar-refractivity contribution in [2.75, 3.05) is 20.1 Å². The quantitative estimate of drug-likeness (QED) is 0.613. The van der Waals surface area contributed by atoms with Gasteiger partial charge in [0.05, 0.1) is 22.6 Å². The van der Waals surface area contributed by atoms with Gasteiger partial charge in [0.2, 0.25) is 0 Å². The van der Waals surface area contributed by atoms with Crippen LogP contribution in [0.4, 0.5) is 0 Å². The standard InChI is InChI=1S/C22H24ClN3O.ClH/c1-25-13-4-5-18(12-14-25)26-22(27)20-7-3-2-6-19(20)21(24-26)15-16-8-10-17(23)11-9-16;/h2-3,6-11,18H,4-5,12-15H2,1H3;1H/i2D,3D,6D,7D;. The first-order valence-corrected chi connectivity index (χ1v) is 9.60. The highest BCUT2D eigenvalue weighted by Gasteiger charge is 2.21. The summed E-state index contributed by atoms with van der Waals surface area (Å²) in [5.74, 6) is 0. The Balaban J connectivity index is 0.00000289. The Morgan fingerprint density at radius 3 is 2.61 bits per heavy atom. The zero-order valence-corrected chi connectivity index (χ0v) is 17.2. The number of halogens is 2. The first-order valence-electron chi connectivity index (χ1n) is 11.2. The average Bonchev–Trinajstić information content (AvgIpc) is 2.97. The van der Waals surface area contributed by atoms with Crippen LogP contribution in [0.25, 0.3) is 10.8 Å². The summed E-state index contributed by atoms with van der Waals surface area (Å²) in [6, 6.07) is 5.86. The summed E-state index contributed by atoms with van der Waals surface area (Å²) in [5.41, 5.74) is 0.925. The fourth-order valence-electron chi connectivity index (χ4n) is 3.66. The van der Waals surface area contributed by atoms with Crippen molar-refractivity contribution in [3.8, 4) is 0 Å². The number of fused-ring (bicyclic) bond motifs is 1. The summed E-state index contributed by atoms with van der Waals surface area (Å²) in [4.78, 5) is 15.7. The molecule has 3 aromatic rings. The second-order valence-corrected chi connectivity index (χ2v) is 7.57. The predicted molar refractivity (Wildman–Crippen MR) is 118 cm³/mol. The van der Waals surface area contributed by atoms with Crippen LogP contribution in [0.15, 0.2) is 53.2 Å². The van der Waals surface area contributed by atoms with Crippen LogP contribution in [0.3, 0.4) is 0 Å². The molecule has 2 heterocycles. The van der Waals surface area contributed by atoms with E-state index in [1.54, 1.807) is 12.1 Å². The van der Waals surface area contributed by atoms with E-state index in [4.69, 9.17) is 17.1 Å². The summed E-state index contributed by atoms with van der Waals surface area (Å²) >= 11 is 6.00. The normalized spacial score (nSPS) is 19.9. The zero-order valence-electron chi connectivity index (χ0n) is 19.7. The number of likely N-dealkylation sites (tertiary alicyclic amines) is 1. The van der Waals surface area contributed by atoms with Gasteiger partial charge in [-0.05, 0) is 63.1 Å². The summed E-state index contributed by atoms with van der Waals surface area (Å²) < 4.78 is 34.5. The van der Waals surface area contributed by atoms with E-state index in [1.807, 2.05) is 12.1 Å². The van der Waals surface area contributed by atoms with Gasteiger partial charge in [0, 0.05) is 16.8 Å². The molecule has 0 bridgehead atoms. The van der Waals surface area contributed by atoms with Gasteiger partial charge in [0.1, 0.15) is 0 Å². The largest absolute Gasteiger partial charge is 0.306 e. The molecule has 1 aliphatic heterocycles. The molecule has 0 N–H and O–H groups in total. The highest BCUT2D eigenvalue weighted by Crippen LogP contribution is 2.23. The van der Waals surface area contributed by atoms with Crippen LogP contribution in [0, 0.1) is 0 Å². The molecule has 1 aromatic heterocycles. The third kappa shape index (κ3) is 4.40. The van der Waals surface area contributed by atoms with Crippen molar-refractivity contribution in [1.82, 2.24) is 14.7 Å². The first-order chi connectivity index (χ1) is 14.8. The predicted octanol–water partition coefficient (Wildman–Crippen LogP) is 4.72. The van der Waals surface area contributed by atoms with Crippen molar-refractivity contribution < 1.29 is 5.48 Å². The molecule has 2 aromatic carbocycles. The van der Waals surface area contributed by atoms with Gasteiger partial charge < -0.3 is 4.90 Å². The van der Waals surface area contributed by atoms with Crippen molar-refractivity contribution in [3.05, 3.63) is 75.1 Å². The van der Waals surface area contributed by atoms with E-state index in [0.29, 0.717) is 17.1 Å². The second kappa shape index (κ2) is 9.08. The molecule has 6 heteroatoms. The number of hydrogen-bond acceptors (Lipinski definition) is 3. The number of rotatable bonds is 3. The summed E-state index contributed by atoms with van der Waals surface area (Å²) in [6.45, 7) is 1.80. The van der Waals surface area contributed by atoms with E-state index in [-0.39, 0.29) is 47.3 Å². The smallest absolute Gasteiger partial charge is 0.274 e. The molecular formula is C22H25Cl2N3O. The molecule has 1 saturated heterocycles. The maximum Gasteiger partial charge on any atom is 0.274 e. The zero-order chi connectivity index (χ0) is 22.3. The topological polar surface area (TPSA) is 38.1 Å². The number of nitrogens with zero attached hydrogens (tertiary/aromatic N) is 3. The lowest BCUT2D eigenvalue weighted by Gasteiger charge is -2.19. The van der Waals surface area contributed by atoms with Gasteiger partial charge in [0.25, 0.3) is 5.56 Å². The number of hydrogen-bond donors (Lipinski definition) is 0. The fraction of sp³-hybridized carbons (Fsp3) is 0.364. The van der Waals surface area contributed by atoms with Crippen LogP contribution in [-0.4, -0.2) is 34.8 Å². The maximum atomic E-state index is 13.4. The summed E-state index contributed by atoms with van der Waals surface area (Å²) in [5, 5.41) is 5.51. The highest BCUT2D eigenvalue weighted by molar-refractivity contribution is 6.30. The van der Waals surface area contributed by atoms with Crippen LogP contribution < -0.4 is 5.56 Å². The molecule has 0 saturated carbocycles. The van der Waals surface area contributed by atoms with Crippen LogP contribution in [0.5, 0.6) is 0 Å². The van der Waals surface area contributed by atoms with E-state index >= 15 is 0 Å². The van der Waals surface area contributed by atoms with Gasteiger partial charge in [-0.25, -0.2) is 4.68 Å². The Morgan fingerprint density at radius 2 is 1.86 bits per heavy atom. The molecular weight excluding hydrogens is 393 g/mol. The molecule has 1 fully saturated rings. The molecule has 0 aliphatic carbocycles. The molecule has 1 atom stereocenters. The lowest BCUT2D eigenvalue weighted by molar-refractivity contribution is 0.334. The Hall–Kier alpha value is -1.88. The molecule has 4 rings (SSSR count). The number of benzene rings is 2. The number of aromatic nitrogens is 2. The molecule has 1 unspecified atom stereocenters. The molecule has 0 amide bonds. The molecule has 4 nitrogen and oxygen atoms in total. The molecule has 28 heavy (non-hydrogen) atoms. The Kier molecular flexibility index (Phi) is 5.18. The van der Waals surface area contributed by atoms with Gasteiger partial charge >= 0.3 is 0 Å². The van der Waals surface area contributed by atoms with Crippen molar-refractivity contribution >= 4 is 34.8 Å². The van der Waals surface area contributed by atoms with Crippen molar-refractivity contribution in [1.29, 1.82) is 0 Å².